The highest BCUT2D eigenvalue weighted by Crippen LogP contribution is 2.32. The van der Waals surface area contributed by atoms with Crippen LogP contribution in [0.5, 0.6) is 0 Å². The van der Waals surface area contributed by atoms with Crippen LogP contribution in [0.1, 0.15) is 51.2 Å². The van der Waals surface area contributed by atoms with Crippen LogP contribution in [-0.2, 0) is 25.2 Å². The minimum Gasteiger partial charge on any atom is -0.466 e. The van der Waals surface area contributed by atoms with Gasteiger partial charge in [-0.3, -0.25) is 4.79 Å². The van der Waals surface area contributed by atoms with Crippen LogP contribution in [-0.4, -0.2) is 36.7 Å². The number of amides is 2. The third kappa shape index (κ3) is 10.3. The summed E-state index contributed by atoms with van der Waals surface area (Å²) in [6.07, 6.45) is -1.62. The van der Waals surface area contributed by atoms with Crippen LogP contribution in [0.2, 0.25) is 0 Å². The minimum atomic E-state index is -4.56. The Morgan fingerprint density at radius 3 is 2.34 bits per heavy atom. The van der Waals surface area contributed by atoms with Crippen molar-refractivity contribution in [3.05, 3.63) is 41.5 Å². The largest absolute Gasteiger partial charge is 0.466 e. The van der Waals surface area contributed by atoms with Gasteiger partial charge < -0.3 is 20.1 Å². The molecule has 1 aromatic carbocycles. The zero-order valence-corrected chi connectivity index (χ0v) is 18.8. The number of alkyl carbamates (subject to hydrolysis) is 1. The quantitative estimate of drug-likeness (QED) is 0.333. The summed E-state index contributed by atoms with van der Waals surface area (Å²) in [7, 11) is 1.24. The summed E-state index contributed by atoms with van der Waals surface area (Å²) < 4.78 is 48.9. The van der Waals surface area contributed by atoms with Gasteiger partial charge in [-0.1, -0.05) is 6.08 Å². The van der Waals surface area contributed by atoms with Crippen molar-refractivity contribution in [2.45, 2.75) is 64.8 Å². The Balaban J connectivity index is 2.93. The van der Waals surface area contributed by atoms with Gasteiger partial charge in [-0.25, -0.2) is 9.59 Å². The molecule has 2 N–H and O–H groups in total. The van der Waals surface area contributed by atoms with Gasteiger partial charge in [0.25, 0.3) is 0 Å². The summed E-state index contributed by atoms with van der Waals surface area (Å²) >= 11 is 0. The van der Waals surface area contributed by atoms with Crippen molar-refractivity contribution >= 4 is 23.7 Å². The van der Waals surface area contributed by atoms with Crippen molar-refractivity contribution in [2.75, 3.05) is 12.4 Å². The molecule has 0 fully saturated rings. The summed E-state index contributed by atoms with van der Waals surface area (Å²) in [5.74, 6) is -1.21. The third-order valence-corrected chi connectivity index (χ3v) is 4.00. The molecule has 0 aromatic heterocycles. The standard InChI is InChI=1S/C22H29F3N2O5/c1-14-11-15(22(23,24)25)13-16(12-14)26-19(29)17(27-20(30)32-21(2,3)4)9-7-6-8-10-18(28)31-5/h8,10-13,17H,6-7,9H2,1-5H3,(H,26,29)(H,27,30)/b10-8+/t17-/m0/s1. The van der Waals surface area contributed by atoms with Crippen molar-refractivity contribution in [1.29, 1.82) is 0 Å². The number of halogens is 3. The molecule has 0 spiro atoms. The molecule has 0 unspecified atom stereocenters. The van der Waals surface area contributed by atoms with E-state index in [0.717, 1.165) is 12.1 Å². The van der Waals surface area contributed by atoms with Crippen molar-refractivity contribution in [3.63, 3.8) is 0 Å². The molecular formula is C22H29F3N2O5. The Labute approximate surface area is 185 Å². The zero-order chi connectivity index (χ0) is 24.5. The highest BCUT2D eigenvalue weighted by molar-refractivity contribution is 5.96. The highest BCUT2D eigenvalue weighted by Gasteiger charge is 2.31. The number of allylic oxidation sites excluding steroid dienone is 1. The maximum Gasteiger partial charge on any atom is 0.416 e. The Hall–Kier alpha value is -3.04. The number of ether oxygens (including phenoxy) is 2. The number of carbonyl (C=O) groups excluding carboxylic acids is 3. The molecule has 178 valence electrons. The number of unbranched alkanes of at least 4 members (excludes halogenated alkanes) is 1. The van der Waals surface area contributed by atoms with Crippen molar-refractivity contribution in [2.24, 2.45) is 0 Å². The molecule has 2 amide bonds. The lowest BCUT2D eigenvalue weighted by Crippen LogP contribution is -2.45. The predicted molar refractivity (Wildman–Crippen MR) is 113 cm³/mol. The number of hydrogen-bond acceptors (Lipinski definition) is 5. The number of methoxy groups -OCH3 is 1. The van der Waals surface area contributed by atoms with Crippen molar-refractivity contribution in [1.82, 2.24) is 5.32 Å². The van der Waals surface area contributed by atoms with Crippen LogP contribution in [0.3, 0.4) is 0 Å². The molecule has 0 radical (unpaired) electrons. The smallest absolute Gasteiger partial charge is 0.416 e. The van der Waals surface area contributed by atoms with Crippen LogP contribution in [0.25, 0.3) is 0 Å². The molecule has 0 aliphatic rings. The van der Waals surface area contributed by atoms with Gasteiger partial charge in [0.2, 0.25) is 5.91 Å². The topological polar surface area (TPSA) is 93.7 Å². The maximum absolute atomic E-state index is 13.1. The highest BCUT2D eigenvalue weighted by atomic mass is 19.4. The number of benzene rings is 1. The van der Waals surface area contributed by atoms with Crippen LogP contribution >= 0.6 is 0 Å². The number of anilines is 1. The molecule has 0 aliphatic carbocycles. The SMILES string of the molecule is COC(=O)/C=C/CCC[C@H](NC(=O)OC(C)(C)C)C(=O)Nc1cc(C)cc(C(F)(F)F)c1. The average molecular weight is 458 g/mol. The Morgan fingerprint density at radius 1 is 1.12 bits per heavy atom. The average Bonchev–Trinajstić information content (AvgIpc) is 2.63. The summed E-state index contributed by atoms with van der Waals surface area (Å²) in [6.45, 7) is 6.45. The fourth-order valence-electron chi connectivity index (χ4n) is 2.65. The van der Waals surface area contributed by atoms with E-state index in [0.29, 0.717) is 18.4 Å². The first-order chi connectivity index (χ1) is 14.7. The van der Waals surface area contributed by atoms with E-state index in [1.165, 1.54) is 26.2 Å². The molecule has 0 saturated carbocycles. The number of rotatable bonds is 8. The Morgan fingerprint density at radius 2 is 1.78 bits per heavy atom. The molecule has 1 aromatic rings. The number of hydrogen-bond donors (Lipinski definition) is 2. The van der Waals surface area contributed by atoms with Crippen LogP contribution in [0, 0.1) is 6.92 Å². The fourth-order valence-corrected chi connectivity index (χ4v) is 2.65. The number of esters is 1. The molecular weight excluding hydrogens is 429 g/mol. The Kier molecular flexibility index (Phi) is 9.74. The second-order valence-electron chi connectivity index (χ2n) is 8.13. The lowest BCUT2D eigenvalue weighted by molar-refractivity contribution is -0.137. The molecule has 1 atom stereocenters. The molecule has 0 saturated heterocycles. The number of aryl methyl sites for hydroxylation is 1. The molecule has 10 heteroatoms. The number of nitrogens with one attached hydrogen (secondary N) is 2. The maximum atomic E-state index is 13.1. The molecule has 1 rings (SSSR count). The summed E-state index contributed by atoms with van der Waals surface area (Å²) in [6, 6.07) is 2.14. The normalized spacial score (nSPS) is 12.9. The summed E-state index contributed by atoms with van der Waals surface area (Å²) in [4.78, 5) is 36.0. The van der Waals surface area contributed by atoms with Gasteiger partial charge in [-0.15, -0.1) is 0 Å². The molecule has 0 heterocycles. The van der Waals surface area contributed by atoms with E-state index in [2.05, 4.69) is 15.4 Å². The van der Waals surface area contributed by atoms with E-state index in [9.17, 15) is 27.6 Å². The van der Waals surface area contributed by atoms with Gasteiger partial charge in [0.05, 0.1) is 12.7 Å². The summed E-state index contributed by atoms with van der Waals surface area (Å²) in [5, 5.41) is 4.88. The first-order valence-corrected chi connectivity index (χ1v) is 9.95. The second-order valence-corrected chi connectivity index (χ2v) is 8.13. The lowest BCUT2D eigenvalue weighted by Gasteiger charge is -2.23. The van der Waals surface area contributed by atoms with Gasteiger partial charge in [0.1, 0.15) is 11.6 Å². The van der Waals surface area contributed by atoms with E-state index in [1.807, 2.05) is 0 Å². The number of alkyl halides is 3. The van der Waals surface area contributed by atoms with Crippen LogP contribution < -0.4 is 10.6 Å². The van der Waals surface area contributed by atoms with Crippen LogP contribution in [0.15, 0.2) is 30.4 Å². The predicted octanol–water partition coefficient (Wildman–Crippen LogP) is 4.75. The third-order valence-electron chi connectivity index (χ3n) is 4.00. The first-order valence-electron chi connectivity index (χ1n) is 9.95. The number of carbonyl (C=O) groups is 3. The Bertz CT molecular complexity index is 845. The molecule has 7 nitrogen and oxygen atoms in total. The van der Waals surface area contributed by atoms with Crippen molar-refractivity contribution in [3.8, 4) is 0 Å². The van der Waals surface area contributed by atoms with E-state index in [-0.39, 0.29) is 12.1 Å². The van der Waals surface area contributed by atoms with E-state index in [1.54, 1.807) is 26.8 Å². The second kappa shape index (κ2) is 11.5. The summed E-state index contributed by atoms with van der Waals surface area (Å²) in [5.41, 5.74) is -1.41. The van der Waals surface area contributed by atoms with E-state index < -0.39 is 41.4 Å². The molecule has 0 aliphatic heterocycles. The van der Waals surface area contributed by atoms with E-state index in [4.69, 9.17) is 4.74 Å². The van der Waals surface area contributed by atoms with Gasteiger partial charge in [-0.05, 0) is 70.7 Å². The van der Waals surface area contributed by atoms with Gasteiger partial charge in [0.15, 0.2) is 0 Å². The molecule has 0 bridgehead atoms. The van der Waals surface area contributed by atoms with Gasteiger partial charge >= 0.3 is 18.2 Å². The van der Waals surface area contributed by atoms with Gasteiger partial charge in [-0.2, -0.15) is 13.2 Å². The minimum absolute atomic E-state index is 0.0381. The lowest BCUT2D eigenvalue weighted by atomic mass is 10.1. The fraction of sp³-hybridized carbons (Fsp3) is 0.500. The van der Waals surface area contributed by atoms with Crippen molar-refractivity contribution < 1.29 is 37.0 Å². The zero-order valence-electron chi connectivity index (χ0n) is 18.8. The molecule has 32 heavy (non-hydrogen) atoms. The first kappa shape index (κ1) is 27.0. The monoisotopic (exact) mass is 458 g/mol. The van der Waals surface area contributed by atoms with E-state index >= 15 is 0 Å². The van der Waals surface area contributed by atoms with Crippen LogP contribution in [0.4, 0.5) is 23.7 Å². The van der Waals surface area contributed by atoms with Gasteiger partial charge in [0, 0.05) is 11.8 Å².